The third-order valence-electron chi connectivity index (χ3n) is 5.58. The molecule has 0 aromatic heterocycles. The van der Waals surface area contributed by atoms with E-state index in [1.54, 1.807) is 0 Å². The van der Waals surface area contributed by atoms with Gasteiger partial charge in [0.05, 0.1) is 12.0 Å². The molecule has 1 saturated heterocycles. The second-order valence-electron chi connectivity index (χ2n) is 7.33. The van der Waals surface area contributed by atoms with Crippen molar-refractivity contribution in [3.8, 4) is 5.75 Å². The first-order valence-electron chi connectivity index (χ1n) is 9.29. The molecule has 3 heteroatoms. The normalized spacial score (nSPS) is 19.5. The number of hydrogen-bond donors (Lipinski definition) is 0. The topological polar surface area (TPSA) is 29.5 Å². The number of Topliss-reactive ketones (excluding diaryl/α,β-unsaturated/α-hetero) is 1. The number of fused-ring (bicyclic) bond motifs is 1. The molecule has 0 N–H and O–H groups in total. The molecule has 0 amide bonds. The first-order valence-corrected chi connectivity index (χ1v) is 9.29. The molecule has 0 bridgehead atoms. The molecule has 4 rings (SSSR count). The molecule has 0 unspecified atom stereocenters. The summed E-state index contributed by atoms with van der Waals surface area (Å²) in [6.07, 6.45) is 3.30. The fraction of sp³-hybridized carbons (Fsp3) is 0.409. The molecule has 2 aliphatic rings. The summed E-state index contributed by atoms with van der Waals surface area (Å²) in [4.78, 5) is 15.2. The van der Waals surface area contributed by atoms with Crippen LogP contribution in [0, 0.1) is 0 Å². The molecule has 1 spiro atoms. The highest BCUT2D eigenvalue weighted by atomic mass is 16.5. The lowest BCUT2D eigenvalue weighted by molar-refractivity contribution is -0.0107. The average Bonchev–Trinajstić information content (AvgIpc) is 2.64. The van der Waals surface area contributed by atoms with Crippen molar-refractivity contribution in [1.29, 1.82) is 0 Å². The van der Waals surface area contributed by atoms with Crippen LogP contribution in [0.2, 0.25) is 0 Å². The van der Waals surface area contributed by atoms with E-state index < -0.39 is 0 Å². The minimum Gasteiger partial charge on any atom is -0.486 e. The van der Waals surface area contributed by atoms with E-state index in [2.05, 4.69) is 48.2 Å². The summed E-state index contributed by atoms with van der Waals surface area (Å²) < 4.78 is 6.38. The Labute approximate surface area is 149 Å². The number of nitrogens with zero attached hydrogens (tertiary/aromatic N) is 1. The Hall–Kier alpha value is -2.13. The Morgan fingerprint density at radius 1 is 1.04 bits per heavy atom. The van der Waals surface area contributed by atoms with Gasteiger partial charge in [-0.3, -0.25) is 9.69 Å². The lowest BCUT2D eigenvalue weighted by atomic mass is 9.82. The lowest BCUT2D eigenvalue weighted by Gasteiger charge is -2.44. The van der Waals surface area contributed by atoms with Gasteiger partial charge in [-0.05, 0) is 29.7 Å². The van der Waals surface area contributed by atoms with E-state index in [0.717, 1.165) is 50.2 Å². The Bertz CT molecular complexity index is 761. The molecule has 0 radical (unpaired) electrons. The molecule has 2 heterocycles. The van der Waals surface area contributed by atoms with Gasteiger partial charge in [0.15, 0.2) is 5.78 Å². The van der Waals surface area contributed by atoms with E-state index in [-0.39, 0.29) is 11.4 Å². The highest BCUT2D eigenvalue weighted by molar-refractivity contribution is 6.00. The first kappa shape index (κ1) is 16.3. The predicted octanol–water partition coefficient (Wildman–Crippen LogP) is 4.25. The number of rotatable bonds is 3. The highest BCUT2D eigenvalue weighted by Crippen LogP contribution is 2.39. The number of likely N-dealkylation sites (tertiary alicyclic amines) is 1. The van der Waals surface area contributed by atoms with Crippen LogP contribution in [-0.2, 0) is 13.0 Å². The molecule has 130 valence electrons. The van der Waals surface area contributed by atoms with Gasteiger partial charge in [0.25, 0.3) is 0 Å². The van der Waals surface area contributed by atoms with Gasteiger partial charge < -0.3 is 4.74 Å². The van der Waals surface area contributed by atoms with Crippen molar-refractivity contribution in [2.24, 2.45) is 0 Å². The molecule has 0 aliphatic carbocycles. The van der Waals surface area contributed by atoms with Crippen LogP contribution >= 0.6 is 0 Å². The first-order chi connectivity index (χ1) is 12.2. The molecule has 0 atom stereocenters. The lowest BCUT2D eigenvalue weighted by Crippen LogP contribution is -2.50. The summed E-state index contributed by atoms with van der Waals surface area (Å²) in [6.45, 7) is 5.04. The van der Waals surface area contributed by atoms with Crippen molar-refractivity contribution in [2.45, 2.75) is 44.8 Å². The Kier molecular flexibility index (Phi) is 4.34. The van der Waals surface area contributed by atoms with Crippen molar-refractivity contribution in [3.63, 3.8) is 0 Å². The molecule has 2 aromatic rings. The van der Waals surface area contributed by atoms with E-state index in [4.69, 9.17) is 4.74 Å². The zero-order valence-electron chi connectivity index (χ0n) is 14.8. The van der Waals surface area contributed by atoms with Crippen LogP contribution in [0.4, 0.5) is 0 Å². The summed E-state index contributed by atoms with van der Waals surface area (Å²) in [5.74, 6) is 1.03. The molecule has 3 nitrogen and oxygen atoms in total. The van der Waals surface area contributed by atoms with Crippen LogP contribution in [0.25, 0.3) is 0 Å². The van der Waals surface area contributed by atoms with E-state index in [0.29, 0.717) is 6.42 Å². The van der Waals surface area contributed by atoms with Crippen LogP contribution in [0.5, 0.6) is 5.75 Å². The molecule has 25 heavy (non-hydrogen) atoms. The monoisotopic (exact) mass is 335 g/mol. The second kappa shape index (κ2) is 6.64. The Morgan fingerprint density at radius 2 is 1.80 bits per heavy atom. The van der Waals surface area contributed by atoms with Gasteiger partial charge in [-0.25, -0.2) is 0 Å². The number of carbonyl (C=O) groups excluding carboxylic acids is 1. The number of hydrogen-bond acceptors (Lipinski definition) is 3. The van der Waals surface area contributed by atoms with E-state index in [9.17, 15) is 4.79 Å². The summed E-state index contributed by atoms with van der Waals surface area (Å²) in [5, 5.41) is 0. The number of ketones is 1. The smallest absolute Gasteiger partial charge is 0.170 e. The third kappa shape index (κ3) is 3.34. The maximum atomic E-state index is 12.7. The fourth-order valence-electron chi connectivity index (χ4n) is 4.00. The van der Waals surface area contributed by atoms with Gasteiger partial charge in [0, 0.05) is 32.5 Å². The van der Waals surface area contributed by atoms with Gasteiger partial charge >= 0.3 is 0 Å². The van der Waals surface area contributed by atoms with Crippen LogP contribution in [0.15, 0.2) is 48.5 Å². The van der Waals surface area contributed by atoms with Crippen LogP contribution in [-0.4, -0.2) is 29.4 Å². The van der Waals surface area contributed by atoms with Gasteiger partial charge in [0.1, 0.15) is 11.4 Å². The SMILES string of the molecule is CCc1ccc2c(c1)C(=O)CC1(CCN(Cc3ccccc3)CC1)O2. The second-order valence-corrected chi connectivity index (χ2v) is 7.33. The quantitative estimate of drug-likeness (QED) is 0.840. The highest BCUT2D eigenvalue weighted by Gasteiger charge is 2.42. The zero-order valence-corrected chi connectivity index (χ0v) is 14.8. The van der Waals surface area contributed by atoms with Crippen molar-refractivity contribution >= 4 is 5.78 Å². The zero-order chi connectivity index (χ0) is 17.3. The summed E-state index contributed by atoms with van der Waals surface area (Å²) >= 11 is 0. The average molecular weight is 335 g/mol. The Balaban J connectivity index is 1.45. The molecular formula is C22H25NO2. The molecule has 2 aromatic carbocycles. The van der Waals surface area contributed by atoms with Crippen LogP contribution in [0.1, 0.15) is 47.7 Å². The minimum atomic E-state index is -0.301. The van der Waals surface area contributed by atoms with Crippen LogP contribution < -0.4 is 4.74 Å². The van der Waals surface area contributed by atoms with E-state index in [1.165, 1.54) is 11.1 Å². The van der Waals surface area contributed by atoms with E-state index >= 15 is 0 Å². The van der Waals surface area contributed by atoms with E-state index in [1.807, 2.05) is 12.1 Å². The number of benzene rings is 2. The van der Waals surface area contributed by atoms with Gasteiger partial charge in [0.2, 0.25) is 0 Å². The summed E-state index contributed by atoms with van der Waals surface area (Å²) in [7, 11) is 0. The molecule has 0 saturated carbocycles. The van der Waals surface area contributed by atoms with Crippen molar-refractivity contribution < 1.29 is 9.53 Å². The van der Waals surface area contributed by atoms with Gasteiger partial charge in [-0.1, -0.05) is 43.3 Å². The predicted molar refractivity (Wildman–Crippen MR) is 99.1 cm³/mol. The number of ether oxygens (including phenoxy) is 1. The van der Waals surface area contributed by atoms with Crippen molar-refractivity contribution in [3.05, 3.63) is 65.2 Å². The maximum absolute atomic E-state index is 12.7. The summed E-state index contributed by atoms with van der Waals surface area (Å²) in [6, 6.07) is 16.7. The van der Waals surface area contributed by atoms with Gasteiger partial charge in [-0.2, -0.15) is 0 Å². The van der Waals surface area contributed by atoms with Crippen LogP contribution in [0.3, 0.4) is 0 Å². The number of piperidine rings is 1. The number of aryl methyl sites for hydroxylation is 1. The number of carbonyl (C=O) groups is 1. The largest absolute Gasteiger partial charge is 0.486 e. The maximum Gasteiger partial charge on any atom is 0.170 e. The van der Waals surface area contributed by atoms with Crippen molar-refractivity contribution in [1.82, 2.24) is 4.90 Å². The summed E-state index contributed by atoms with van der Waals surface area (Å²) in [5.41, 5.74) is 3.02. The standard InChI is InChI=1S/C22H25NO2/c1-2-17-8-9-21-19(14-17)20(24)15-22(25-21)10-12-23(13-11-22)16-18-6-4-3-5-7-18/h3-9,14H,2,10-13,15-16H2,1H3. The molecule has 1 fully saturated rings. The fourth-order valence-corrected chi connectivity index (χ4v) is 4.00. The minimum absolute atomic E-state index is 0.244. The Morgan fingerprint density at radius 3 is 2.52 bits per heavy atom. The molecule has 2 aliphatic heterocycles. The van der Waals surface area contributed by atoms with Gasteiger partial charge in [-0.15, -0.1) is 0 Å². The van der Waals surface area contributed by atoms with Crippen molar-refractivity contribution in [2.75, 3.05) is 13.1 Å². The molecular weight excluding hydrogens is 310 g/mol. The third-order valence-corrected chi connectivity index (χ3v) is 5.58.